The second kappa shape index (κ2) is 7.11. The van der Waals surface area contributed by atoms with E-state index in [0.29, 0.717) is 5.56 Å². The molecule has 0 bridgehead atoms. The van der Waals surface area contributed by atoms with E-state index in [4.69, 9.17) is 11.6 Å². The molecule has 126 valence electrons. The molecule has 0 N–H and O–H groups in total. The van der Waals surface area contributed by atoms with Crippen LogP contribution in [0.15, 0.2) is 83.9 Å². The summed E-state index contributed by atoms with van der Waals surface area (Å²) in [6.45, 7) is 0. The van der Waals surface area contributed by atoms with Crippen molar-refractivity contribution in [3.05, 3.63) is 78.9 Å². The molecule has 0 aliphatic rings. The Kier molecular flexibility index (Phi) is 4.91. The van der Waals surface area contributed by atoms with E-state index < -0.39 is 11.3 Å². The Morgan fingerprint density at radius 3 is 1.84 bits per heavy atom. The first-order chi connectivity index (χ1) is 11.9. The summed E-state index contributed by atoms with van der Waals surface area (Å²) in [7, 11) is 0. The van der Waals surface area contributed by atoms with Crippen molar-refractivity contribution in [1.82, 2.24) is 0 Å². The van der Waals surface area contributed by atoms with E-state index in [1.807, 2.05) is 54.6 Å². The predicted octanol–water partition coefficient (Wildman–Crippen LogP) is 6.85. The molecular weight excluding hydrogens is 347 g/mol. The zero-order chi connectivity index (χ0) is 17.9. The number of hydrogen-bond acceptors (Lipinski definition) is 1. The molecule has 3 aromatic rings. The second-order valence-electron chi connectivity index (χ2n) is 5.36. The monoisotopic (exact) mass is 359 g/mol. The summed E-state index contributed by atoms with van der Waals surface area (Å²) in [5, 5.41) is -1.39. The first kappa shape index (κ1) is 17.2. The fourth-order valence-corrected chi connectivity index (χ4v) is 2.55. The predicted molar refractivity (Wildman–Crippen MR) is 96.3 cm³/mol. The van der Waals surface area contributed by atoms with Gasteiger partial charge >= 0.3 is 6.18 Å². The molecule has 1 nitrogen and oxygen atoms in total. The molecule has 3 aromatic carbocycles. The zero-order valence-corrected chi connectivity index (χ0v) is 13.7. The minimum atomic E-state index is -4.66. The van der Waals surface area contributed by atoms with E-state index in [2.05, 4.69) is 4.99 Å². The van der Waals surface area contributed by atoms with Crippen molar-refractivity contribution in [1.29, 1.82) is 0 Å². The van der Waals surface area contributed by atoms with Gasteiger partial charge in [-0.05, 0) is 22.8 Å². The van der Waals surface area contributed by atoms with Crippen molar-refractivity contribution in [2.24, 2.45) is 4.99 Å². The molecule has 25 heavy (non-hydrogen) atoms. The molecule has 3 rings (SSSR count). The van der Waals surface area contributed by atoms with Crippen LogP contribution >= 0.6 is 11.6 Å². The smallest absolute Gasteiger partial charge is 0.232 e. The second-order valence-corrected chi connectivity index (χ2v) is 5.72. The lowest BCUT2D eigenvalue weighted by Gasteiger charge is -2.09. The van der Waals surface area contributed by atoms with Crippen LogP contribution in [0.5, 0.6) is 0 Å². The van der Waals surface area contributed by atoms with Crippen molar-refractivity contribution in [2.75, 3.05) is 0 Å². The highest BCUT2D eigenvalue weighted by Crippen LogP contribution is 2.33. The minimum Gasteiger partial charge on any atom is -0.232 e. The lowest BCUT2D eigenvalue weighted by molar-refractivity contribution is -0.0558. The number of halogens is 4. The number of benzene rings is 3. The van der Waals surface area contributed by atoms with Crippen LogP contribution in [0, 0.1) is 0 Å². The third kappa shape index (κ3) is 4.09. The third-order valence-electron chi connectivity index (χ3n) is 3.66. The summed E-state index contributed by atoms with van der Waals surface area (Å²) in [5.74, 6) is 0. The molecule has 0 aliphatic carbocycles. The van der Waals surface area contributed by atoms with Crippen molar-refractivity contribution < 1.29 is 13.2 Å². The first-order valence-electron chi connectivity index (χ1n) is 7.51. The number of hydrogen-bond donors (Lipinski definition) is 0. The van der Waals surface area contributed by atoms with Gasteiger partial charge in [0.05, 0.1) is 5.69 Å². The molecule has 5 heteroatoms. The van der Waals surface area contributed by atoms with E-state index in [0.717, 1.165) is 16.7 Å². The van der Waals surface area contributed by atoms with Gasteiger partial charge in [-0.15, -0.1) is 0 Å². The summed E-state index contributed by atoms with van der Waals surface area (Å²) >= 11 is 5.28. The van der Waals surface area contributed by atoms with Crippen LogP contribution < -0.4 is 0 Å². The van der Waals surface area contributed by atoms with E-state index in [9.17, 15) is 13.2 Å². The highest BCUT2D eigenvalue weighted by Gasteiger charge is 2.34. The summed E-state index contributed by atoms with van der Waals surface area (Å²) in [4.78, 5) is 3.54. The highest BCUT2D eigenvalue weighted by molar-refractivity contribution is 6.67. The lowest BCUT2D eigenvalue weighted by atomic mass is 9.99. The maximum absolute atomic E-state index is 12.6. The number of alkyl halides is 3. The summed E-state index contributed by atoms with van der Waals surface area (Å²) in [6, 6.07) is 24.0. The van der Waals surface area contributed by atoms with Crippen LogP contribution in [-0.4, -0.2) is 11.3 Å². The van der Waals surface area contributed by atoms with Crippen LogP contribution in [-0.2, 0) is 0 Å². The molecule has 0 fully saturated rings. The fraction of sp³-hybridized carbons (Fsp3) is 0.0500. The lowest BCUT2D eigenvalue weighted by Crippen LogP contribution is -2.16. The molecule has 0 aromatic heterocycles. The molecule has 0 atom stereocenters. The molecule has 0 unspecified atom stereocenters. The molecule has 0 spiro atoms. The number of aliphatic imine (C=N–C) groups is 1. The molecule has 0 aliphatic heterocycles. The van der Waals surface area contributed by atoms with Crippen LogP contribution in [0.3, 0.4) is 0 Å². The third-order valence-corrected chi connectivity index (χ3v) is 3.96. The van der Waals surface area contributed by atoms with Crippen LogP contribution in [0.4, 0.5) is 18.9 Å². The SMILES string of the molecule is FC(F)(F)C(Cl)=Nc1ccccc1-c1ccc(-c2ccccc2)cc1. The average Bonchev–Trinajstić information content (AvgIpc) is 2.62. The Hall–Kier alpha value is -2.59. The van der Waals surface area contributed by atoms with Gasteiger partial charge in [0.2, 0.25) is 5.17 Å². The zero-order valence-electron chi connectivity index (χ0n) is 13.0. The molecule has 0 saturated carbocycles. The van der Waals surface area contributed by atoms with E-state index in [1.54, 1.807) is 18.2 Å². The molecular formula is C20H13ClF3N. The Balaban J connectivity index is 1.98. The minimum absolute atomic E-state index is 0.178. The van der Waals surface area contributed by atoms with Crippen molar-refractivity contribution >= 4 is 22.5 Å². The molecule has 0 radical (unpaired) electrons. The number of para-hydroxylation sites is 1. The summed E-state index contributed by atoms with van der Waals surface area (Å²) in [6.07, 6.45) is -4.66. The Labute approximate surface area is 148 Å². The average molecular weight is 360 g/mol. The van der Waals surface area contributed by atoms with Crippen molar-refractivity contribution in [2.45, 2.75) is 6.18 Å². The van der Waals surface area contributed by atoms with Crippen LogP contribution in [0.1, 0.15) is 0 Å². The van der Waals surface area contributed by atoms with Gasteiger partial charge in [-0.3, -0.25) is 0 Å². The van der Waals surface area contributed by atoms with Gasteiger partial charge in [0.1, 0.15) is 0 Å². The summed E-state index contributed by atoms with van der Waals surface area (Å²) in [5.41, 5.74) is 3.63. The Morgan fingerprint density at radius 1 is 0.680 bits per heavy atom. The van der Waals surface area contributed by atoms with Gasteiger partial charge in [0.25, 0.3) is 0 Å². The maximum Gasteiger partial charge on any atom is 0.444 e. The van der Waals surface area contributed by atoms with Gasteiger partial charge in [-0.1, -0.05) is 84.4 Å². The van der Waals surface area contributed by atoms with Gasteiger partial charge in [0, 0.05) is 5.56 Å². The number of rotatable bonds is 3. The first-order valence-corrected chi connectivity index (χ1v) is 7.89. The Bertz CT molecular complexity index is 885. The van der Waals surface area contributed by atoms with Gasteiger partial charge in [-0.2, -0.15) is 13.2 Å². The normalized spacial score (nSPS) is 12.2. The van der Waals surface area contributed by atoms with E-state index in [1.165, 1.54) is 6.07 Å². The van der Waals surface area contributed by atoms with Crippen molar-refractivity contribution in [3.8, 4) is 22.3 Å². The number of nitrogens with zero attached hydrogens (tertiary/aromatic N) is 1. The van der Waals surface area contributed by atoms with Crippen LogP contribution in [0.2, 0.25) is 0 Å². The van der Waals surface area contributed by atoms with Gasteiger partial charge in [0.15, 0.2) is 0 Å². The van der Waals surface area contributed by atoms with Gasteiger partial charge < -0.3 is 0 Å². The van der Waals surface area contributed by atoms with Crippen molar-refractivity contribution in [3.63, 3.8) is 0 Å². The standard InChI is InChI=1S/C20H13ClF3N/c21-19(20(22,23)24)25-18-9-5-4-8-17(18)16-12-10-15(11-13-16)14-6-2-1-3-7-14/h1-13H. The van der Waals surface area contributed by atoms with E-state index >= 15 is 0 Å². The Morgan fingerprint density at radius 2 is 1.20 bits per heavy atom. The molecule has 0 saturated heterocycles. The van der Waals surface area contributed by atoms with Crippen LogP contribution in [0.25, 0.3) is 22.3 Å². The maximum atomic E-state index is 12.6. The summed E-state index contributed by atoms with van der Waals surface area (Å²) < 4.78 is 37.9. The largest absolute Gasteiger partial charge is 0.444 e. The van der Waals surface area contributed by atoms with E-state index in [-0.39, 0.29) is 5.69 Å². The topological polar surface area (TPSA) is 12.4 Å². The quantitative estimate of drug-likeness (QED) is 0.453. The highest BCUT2D eigenvalue weighted by atomic mass is 35.5. The molecule has 0 amide bonds. The molecule has 0 heterocycles. The van der Waals surface area contributed by atoms with Gasteiger partial charge in [-0.25, -0.2) is 4.99 Å². The fourth-order valence-electron chi connectivity index (χ4n) is 2.46.